The molecule has 35 heavy (non-hydrogen) atoms. The minimum Gasteiger partial charge on any atom is -0.496 e. The molecule has 0 saturated heterocycles. The number of carbonyl (C=O) groups excluding carboxylic acids is 2. The number of carbonyl (C=O) groups is 2. The molecule has 0 aliphatic rings. The fraction of sp³-hybridized carbons (Fsp3) is 0.704. The Hall–Kier alpha value is -2.16. The van der Waals surface area contributed by atoms with Gasteiger partial charge in [-0.2, -0.15) is 0 Å². The number of amides is 2. The van der Waals surface area contributed by atoms with Crippen LogP contribution in [0.25, 0.3) is 0 Å². The van der Waals surface area contributed by atoms with Crippen LogP contribution in [0.15, 0.2) is 18.2 Å². The van der Waals surface area contributed by atoms with Gasteiger partial charge >= 0.3 is 0 Å². The maximum atomic E-state index is 12.9. The van der Waals surface area contributed by atoms with E-state index >= 15 is 0 Å². The van der Waals surface area contributed by atoms with E-state index in [4.69, 9.17) is 16.2 Å². The van der Waals surface area contributed by atoms with Crippen molar-refractivity contribution in [2.24, 2.45) is 40.6 Å². The Bertz CT molecular complexity index is 825. The predicted octanol–water partition coefficient (Wildman–Crippen LogP) is 2.37. The third kappa shape index (κ3) is 9.43. The van der Waals surface area contributed by atoms with Gasteiger partial charge in [0.1, 0.15) is 5.75 Å². The molecular weight excluding hydrogens is 446 g/mol. The second-order valence-corrected chi connectivity index (χ2v) is 11.0. The summed E-state index contributed by atoms with van der Waals surface area (Å²) < 4.78 is 5.39. The topological polar surface area (TPSA) is 148 Å². The molecule has 1 aromatic rings. The monoisotopic (exact) mass is 493 g/mol. The third-order valence-corrected chi connectivity index (χ3v) is 7.04. The SMILES string of the molecule is COc1cc(C[C@@H](C[C@H](N)[C@@H](O)C[C@H](C(=O)NCC(C)(C)C(N)=O)C(C)C)C(C)C)ccc1CO. The van der Waals surface area contributed by atoms with Gasteiger partial charge in [0.2, 0.25) is 11.8 Å². The summed E-state index contributed by atoms with van der Waals surface area (Å²) >= 11 is 0. The highest BCUT2D eigenvalue weighted by molar-refractivity contribution is 5.83. The molecule has 0 fully saturated rings. The Balaban J connectivity index is 2.84. The lowest BCUT2D eigenvalue weighted by Crippen LogP contribution is -2.46. The molecule has 7 N–H and O–H groups in total. The number of aliphatic hydroxyl groups is 2. The van der Waals surface area contributed by atoms with E-state index in [-0.39, 0.29) is 37.3 Å². The number of benzene rings is 1. The highest BCUT2D eigenvalue weighted by Gasteiger charge is 2.32. The molecule has 1 aromatic carbocycles. The molecule has 4 atom stereocenters. The highest BCUT2D eigenvalue weighted by Crippen LogP contribution is 2.28. The number of aliphatic hydroxyl groups excluding tert-OH is 2. The summed E-state index contributed by atoms with van der Waals surface area (Å²) in [6.07, 6.45) is 0.760. The van der Waals surface area contributed by atoms with Gasteiger partial charge in [-0.1, -0.05) is 39.8 Å². The Morgan fingerprint density at radius 3 is 2.23 bits per heavy atom. The average molecular weight is 494 g/mol. The Labute approximate surface area is 210 Å². The standard InChI is InChI=1S/C27H47N3O5/c1-16(2)20(10-18-8-9-19(14-31)24(11-18)35-7)12-22(28)23(32)13-21(17(3)4)25(33)30-15-27(5,6)26(29)34/h8-9,11,16-17,20-23,31-32H,10,12-15,28H2,1-7H3,(H2,29,34)(H,30,33)/t20-,21-,22-,23-/m0/s1. The van der Waals surface area contributed by atoms with Gasteiger partial charge in [0.15, 0.2) is 0 Å². The first kappa shape index (κ1) is 30.9. The van der Waals surface area contributed by atoms with Crippen molar-refractivity contribution in [3.63, 3.8) is 0 Å². The number of ether oxygens (including phenoxy) is 1. The summed E-state index contributed by atoms with van der Waals surface area (Å²) in [6, 6.07) is 5.30. The fourth-order valence-electron chi connectivity index (χ4n) is 4.09. The van der Waals surface area contributed by atoms with Gasteiger partial charge < -0.3 is 31.7 Å². The Morgan fingerprint density at radius 1 is 1.11 bits per heavy atom. The smallest absolute Gasteiger partial charge is 0.224 e. The van der Waals surface area contributed by atoms with E-state index < -0.39 is 29.4 Å². The van der Waals surface area contributed by atoms with Crippen molar-refractivity contribution in [2.45, 2.75) is 79.6 Å². The number of nitrogens with two attached hydrogens (primary N) is 2. The highest BCUT2D eigenvalue weighted by atomic mass is 16.5. The van der Waals surface area contributed by atoms with Crippen molar-refractivity contribution < 1.29 is 24.5 Å². The van der Waals surface area contributed by atoms with Crippen LogP contribution in [-0.4, -0.2) is 47.8 Å². The summed E-state index contributed by atoms with van der Waals surface area (Å²) in [6.45, 7) is 11.6. The van der Waals surface area contributed by atoms with Gasteiger partial charge in [-0.25, -0.2) is 0 Å². The number of hydrogen-bond acceptors (Lipinski definition) is 6. The lowest BCUT2D eigenvalue weighted by Gasteiger charge is -2.30. The van der Waals surface area contributed by atoms with E-state index in [0.29, 0.717) is 18.1 Å². The van der Waals surface area contributed by atoms with E-state index in [1.54, 1.807) is 21.0 Å². The number of primary amides is 1. The number of rotatable bonds is 15. The normalized spacial score (nSPS) is 15.5. The van der Waals surface area contributed by atoms with Gasteiger partial charge in [-0.05, 0) is 62.5 Å². The summed E-state index contributed by atoms with van der Waals surface area (Å²) in [7, 11) is 1.58. The van der Waals surface area contributed by atoms with E-state index in [1.807, 2.05) is 32.0 Å². The first-order valence-electron chi connectivity index (χ1n) is 12.5. The zero-order valence-electron chi connectivity index (χ0n) is 22.5. The Kier molecular flexibility index (Phi) is 12.2. The van der Waals surface area contributed by atoms with Crippen molar-refractivity contribution in [1.82, 2.24) is 5.32 Å². The van der Waals surface area contributed by atoms with Gasteiger partial charge in [0, 0.05) is 24.1 Å². The molecule has 0 aliphatic carbocycles. The summed E-state index contributed by atoms with van der Waals surface area (Å²) in [4.78, 5) is 24.4. The van der Waals surface area contributed by atoms with Crippen LogP contribution in [0.1, 0.15) is 65.5 Å². The molecule has 2 amide bonds. The summed E-state index contributed by atoms with van der Waals surface area (Å²) in [5, 5.41) is 23.2. The first-order chi connectivity index (χ1) is 16.2. The molecule has 200 valence electrons. The molecule has 0 aliphatic heterocycles. The van der Waals surface area contributed by atoms with Crippen LogP contribution in [0.4, 0.5) is 0 Å². The van der Waals surface area contributed by atoms with Crippen LogP contribution in [0.5, 0.6) is 5.75 Å². The first-order valence-corrected chi connectivity index (χ1v) is 12.5. The molecule has 8 nitrogen and oxygen atoms in total. The van der Waals surface area contributed by atoms with E-state index in [1.165, 1.54) is 0 Å². The quantitative estimate of drug-likeness (QED) is 0.253. The van der Waals surface area contributed by atoms with Crippen molar-refractivity contribution in [3.8, 4) is 5.75 Å². The average Bonchev–Trinajstić information content (AvgIpc) is 2.79. The maximum absolute atomic E-state index is 12.9. The van der Waals surface area contributed by atoms with Crippen LogP contribution in [0.2, 0.25) is 0 Å². The number of methoxy groups -OCH3 is 1. The molecule has 1 rings (SSSR count). The molecule has 0 unspecified atom stereocenters. The van der Waals surface area contributed by atoms with Gasteiger partial charge in [0.05, 0.1) is 25.2 Å². The van der Waals surface area contributed by atoms with Crippen molar-refractivity contribution in [3.05, 3.63) is 29.3 Å². The van der Waals surface area contributed by atoms with Crippen LogP contribution < -0.4 is 21.5 Å². The van der Waals surface area contributed by atoms with Crippen LogP contribution >= 0.6 is 0 Å². The Morgan fingerprint density at radius 2 is 1.74 bits per heavy atom. The molecule has 0 spiro atoms. The van der Waals surface area contributed by atoms with Crippen molar-refractivity contribution in [1.29, 1.82) is 0 Å². The van der Waals surface area contributed by atoms with E-state index in [2.05, 4.69) is 19.2 Å². The molecule has 0 bridgehead atoms. The van der Waals surface area contributed by atoms with Gasteiger partial charge in [-0.3, -0.25) is 9.59 Å². The zero-order valence-corrected chi connectivity index (χ0v) is 22.5. The molecule has 0 heterocycles. The zero-order chi connectivity index (χ0) is 26.9. The van der Waals surface area contributed by atoms with Gasteiger partial charge in [0.25, 0.3) is 0 Å². The number of hydrogen-bond donors (Lipinski definition) is 5. The largest absolute Gasteiger partial charge is 0.496 e. The fourth-order valence-corrected chi connectivity index (χ4v) is 4.09. The molecular formula is C27H47N3O5. The summed E-state index contributed by atoms with van der Waals surface area (Å²) in [5.74, 6) is 0.0620. The minimum atomic E-state index is -0.852. The molecule has 0 saturated carbocycles. The molecule has 0 aromatic heterocycles. The van der Waals surface area contributed by atoms with Crippen molar-refractivity contribution in [2.75, 3.05) is 13.7 Å². The second kappa shape index (κ2) is 13.8. The number of nitrogens with one attached hydrogen (secondary N) is 1. The molecule has 0 radical (unpaired) electrons. The van der Waals surface area contributed by atoms with Gasteiger partial charge in [-0.15, -0.1) is 0 Å². The minimum absolute atomic E-state index is 0.00746. The lowest BCUT2D eigenvalue weighted by atomic mass is 9.80. The summed E-state index contributed by atoms with van der Waals surface area (Å²) in [5.41, 5.74) is 12.8. The maximum Gasteiger partial charge on any atom is 0.224 e. The van der Waals surface area contributed by atoms with Crippen molar-refractivity contribution >= 4 is 11.8 Å². The predicted molar refractivity (Wildman–Crippen MR) is 138 cm³/mol. The molecule has 8 heteroatoms. The second-order valence-electron chi connectivity index (χ2n) is 11.0. The van der Waals surface area contributed by atoms with E-state index in [0.717, 1.165) is 17.5 Å². The third-order valence-electron chi connectivity index (χ3n) is 7.04. The van der Waals surface area contributed by atoms with Crippen LogP contribution in [0.3, 0.4) is 0 Å². The lowest BCUT2D eigenvalue weighted by molar-refractivity contribution is -0.130. The van der Waals surface area contributed by atoms with E-state index in [9.17, 15) is 19.8 Å². The van der Waals surface area contributed by atoms with Crippen LogP contribution in [-0.2, 0) is 22.6 Å². The van der Waals surface area contributed by atoms with Crippen LogP contribution in [0, 0.1) is 29.1 Å².